The van der Waals surface area contributed by atoms with Gasteiger partial charge in [0.1, 0.15) is 10.8 Å². The number of ether oxygens (including phenoxy) is 1. The molecule has 4 aromatic rings. The molecule has 1 heterocycles. The summed E-state index contributed by atoms with van der Waals surface area (Å²) in [5, 5.41) is 5.43. The lowest BCUT2D eigenvalue weighted by Gasteiger charge is -2.09. The molecular weight excluding hydrogens is 328 g/mol. The molecule has 0 fully saturated rings. The Kier molecular flexibility index (Phi) is 4.22. The number of hydrogen-bond acceptors (Lipinski definition) is 4. The molecule has 0 bridgehead atoms. The summed E-state index contributed by atoms with van der Waals surface area (Å²) in [6.45, 7) is 0. The summed E-state index contributed by atoms with van der Waals surface area (Å²) in [6, 6.07) is 22.3. The van der Waals surface area contributed by atoms with Gasteiger partial charge in [0, 0.05) is 10.9 Å². The van der Waals surface area contributed by atoms with Crippen LogP contribution in [0.5, 0.6) is 5.75 Å². The number of thiazole rings is 1. The molecule has 2 N–H and O–H groups in total. The van der Waals surface area contributed by atoms with Gasteiger partial charge in [0.15, 0.2) is 0 Å². The third kappa shape index (κ3) is 3.14. The van der Waals surface area contributed by atoms with Crippen LogP contribution in [0.15, 0.2) is 72.1 Å². The van der Waals surface area contributed by atoms with Crippen molar-refractivity contribution in [3.05, 3.63) is 82.7 Å². The standard InChI is InChI=1S/C21H18N2OS/c1-24-18-10-8-15(9-11-18)20(22)21-23-19(13-25-21)17-7-6-14-4-2-3-5-16(14)12-17/h2-13,20H,22H2,1H3. The lowest BCUT2D eigenvalue weighted by atomic mass is 10.1. The fourth-order valence-electron chi connectivity index (χ4n) is 2.87. The summed E-state index contributed by atoms with van der Waals surface area (Å²) in [5.41, 5.74) is 9.51. The Balaban J connectivity index is 1.63. The molecule has 1 atom stereocenters. The van der Waals surface area contributed by atoms with Crippen molar-refractivity contribution in [3.8, 4) is 17.0 Å². The van der Waals surface area contributed by atoms with Crippen LogP contribution in [0.3, 0.4) is 0 Å². The molecule has 4 heteroatoms. The van der Waals surface area contributed by atoms with E-state index in [1.165, 1.54) is 10.8 Å². The van der Waals surface area contributed by atoms with Crippen molar-refractivity contribution in [2.24, 2.45) is 5.73 Å². The average Bonchev–Trinajstić information content (AvgIpc) is 3.17. The van der Waals surface area contributed by atoms with E-state index in [0.717, 1.165) is 27.6 Å². The third-order valence-electron chi connectivity index (χ3n) is 4.31. The Morgan fingerprint density at radius 2 is 1.72 bits per heavy atom. The molecule has 0 aliphatic heterocycles. The summed E-state index contributed by atoms with van der Waals surface area (Å²) in [7, 11) is 1.66. The van der Waals surface area contributed by atoms with Crippen molar-refractivity contribution in [2.75, 3.05) is 7.11 Å². The van der Waals surface area contributed by atoms with E-state index in [2.05, 4.69) is 47.8 Å². The Labute approximate surface area is 150 Å². The van der Waals surface area contributed by atoms with Crippen molar-refractivity contribution in [3.63, 3.8) is 0 Å². The highest BCUT2D eigenvalue weighted by Gasteiger charge is 2.14. The van der Waals surface area contributed by atoms with Crippen molar-refractivity contribution in [1.82, 2.24) is 4.98 Å². The minimum absolute atomic E-state index is 0.231. The van der Waals surface area contributed by atoms with Gasteiger partial charge in [-0.05, 0) is 34.5 Å². The maximum Gasteiger partial charge on any atom is 0.118 e. The maximum atomic E-state index is 6.40. The number of nitrogens with two attached hydrogens (primary N) is 1. The first-order valence-corrected chi connectivity index (χ1v) is 8.97. The van der Waals surface area contributed by atoms with Crippen molar-refractivity contribution < 1.29 is 4.74 Å². The SMILES string of the molecule is COc1ccc(C(N)c2nc(-c3ccc4ccccc4c3)cs2)cc1. The number of fused-ring (bicyclic) bond motifs is 1. The Bertz CT molecular complexity index is 1010. The van der Waals surface area contributed by atoms with Crippen LogP contribution < -0.4 is 10.5 Å². The lowest BCUT2D eigenvalue weighted by Crippen LogP contribution is -2.11. The van der Waals surface area contributed by atoms with Crippen LogP contribution >= 0.6 is 11.3 Å². The lowest BCUT2D eigenvalue weighted by molar-refractivity contribution is 0.414. The Morgan fingerprint density at radius 3 is 2.48 bits per heavy atom. The second-order valence-electron chi connectivity index (χ2n) is 5.88. The number of hydrogen-bond donors (Lipinski definition) is 1. The van der Waals surface area contributed by atoms with E-state index < -0.39 is 0 Å². The first-order valence-electron chi connectivity index (χ1n) is 8.09. The van der Waals surface area contributed by atoms with Crippen molar-refractivity contribution in [1.29, 1.82) is 0 Å². The topological polar surface area (TPSA) is 48.1 Å². The predicted octanol–water partition coefficient (Wildman–Crippen LogP) is 5.02. The highest BCUT2D eigenvalue weighted by molar-refractivity contribution is 7.10. The quantitative estimate of drug-likeness (QED) is 0.564. The predicted molar refractivity (Wildman–Crippen MR) is 104 cm³/mol. The average molecular weight is 346 g/mol. The molecule has 3 nitrogen and oxygen atoms in total. The number of methoxy groups -OCH3 is 1. The monoisotopic (exact) mass is 346 g/mol. The number of aromatic nitrogens is 1. The number of benzene rings is 3. The van der Waals surface area contributed by atoms with Gasteiger partial charge in [0.25, 0.3) is 0 Å². The maximum absolute atomic E-state index is 6.40. The van der Waals surface area contributed by atoms with E-state index in [4.69, 9.17) is 15.5 Å². The molecule has 0 amide bonds. The first-order chi connectivity index (χ1) is 12.2. The molecule has 0 saturated carbocycles. The largest absolute Gasteiger partial charge is 0.497 e. The van der Waals surface area contributed by atoms with Crippen LogP contribution in [0.25, 0.3) is 22.0 Å². The van der Waals surface area contributed by atoms with E-state index in [1.54, 1.807) is 18.4 Å². The van der Waals surface area contributed by atoms with E-state index in [-0.39, 0.29) is 6.04 Å². The van der Waals surface area contributed by atoms with Crippen molar-refractivity contribution >= 4 is 22.1 Å². The molecule has 1 aromatic heterocycles. The first kappa shape index (κ1) is 15.8. The minimum atomic E-state index is -0.231. The van der Waals surface area contributed by atoms with Gasteiger partial charge in [-0.1, -0.05) is 48.5 Å². The molecule has 1 unspecified atom stereocenters. The van der Waals surface area contributed by atoms with Crippen LogP contribution in [0.2, 0.25) is 0 Å². The summed E-state index contributed by atoms with van der Waals surface area (Å²) in [5.74, 6) is 0.826. The van der Waals surface area contributed by atoms with Gasteiger partial charge < -0.3 is 10.5 Å². The highest BCUT2D eigenvalue weighted by atomic mass is 32.1. The molecule has 4 rings (SSSR count). The van der Waals surface area contributed by atoms with Gasteiger partial charge in [-0.15, -0.1) is 11.3 Å². The van der Waals surface area contributed by atoms with Gasteiger partial charge >= 0.3 is 0 Å². The van der Waals surface area contributed by atoms with Crippen LogP contribution in [-0.2, 0) is 0 Å². The third-order valence-corrected chi connectivity index (χ3v) is 5.24. The van der Waals surface area contributed by atoms with Crippen molar-refractivity contribution in [2.45, 2.75) is 6.04 Å². The molecule has 124 valence electrons. The normalized spacial score (nSPS) is 12.2. The van der Waals surface area contributed by atoms with Gasteiger partial charge in [-0.25, -0.2) is 4.98 Å². The number of nitrogens with zero attached hydrogens (tertiary/aromatic N) is 1. The van der Waals surface area contributed by atoms with Crippen LogP contribution in [0.4, 0.5) is 0 Å². The zero-order chi connectivity index (χ0) is 17.2. The van der Waals surface area contributed by atoms with E-state index in [0.29, 0.717) is 0 Å². The molecule has 0 spiro atoms. The zero-order valence-corrected chi connectivity index (χ0v) is 14.7. The van der Waals surface area contributed by atoms with Crippen LogP contribution in [0.1, 0.15) is 16.6 Å². The van der Waals surface area contributed by atoms with Gasteiger partial charge in [0.2, 0.25) is 0 Å². The Hall–Kier alpha value is -2.69. The second-order valence-corrected chi connectivity index (χ2v) is 6.77. The van der Waals surface area contributed by atoms with E-state index in [9.17, 15) is 0 Å². The molecule has 0 saturated heterocycles. The summed E-state index contributed by atoms with van der Waals surface area (Å²) in [4.78, 5) is 4.77. The van der Waals surface area contributed by atoms with Gasteiger partial charge in [-0.2, -0.15) is 0 Å². The van der Waals surface area contributed by atoms with E-state index >= 15 is 0 Å². The second kappa shape index (κ2) is 6.67. The molecule has 25 heavy (non-hydrogen) atoms. The smallest absolute Gasteiger partial charge is 0.118 e. The summed E-state index contributed by atoms with van der Waals surface area (Å²) in [6.07, 6.45) is 0. The molecular formula is C21H18N2OS. The molecule has 0 aliphatic rings. The Morgan fingerprint density at radius 1 is 0.960 bits per heavy atom. The fourth-order valence-corrected chi connectivity index (χ4v) is 3.72. The minimum Gasteiger partial charge on any atom is -0.497 e. The van der Waals surface area contributed by atoms with Gasteiger partial charge in [0.05, 0.1) is 18.8 Å². The molecule has 3 aromatic carbocycles. The zero-order valence-electron chi connectivity index (χ0n) is 13.8. The summed E-state index contributed by atoms with van der Waals surface area (Å²) >= 11 is 1.60. The van der Waals surface area contributed by atoms with Gasteiger partial charge in [-0.3, -0.25) is 0 Å². The highest BCUT2D eigenvalue weighted by Crippen LogP contribution is 2.30. The summed E-state index contributed by atoms with van der Waals surface area (Å²) < 4.78 is 5.20. The fraction of sp³-hybridized carbons (Fsp3) is 0.0952. The molecule has 0 aliphatic carbocycles. The van der Waals surface area contributed by atoms with E-state index in [1.807, 2.05) is 24.3 Å². The molecule has 0 radical (unpaired) electrons. The van der Waals surface area contributed by atoms with Crippen LogP contribution in [0, 0.1) is 0 Å². The number of rotatable bonds is 4. The van der Waals surface area contributed by atoms with Crippen LogP contribution in [-0.4, -0.2) is 12.1 Å².